The predicted molar refractivity (Wildman–Crippen MR) is 58.0 cm³/mol. The lowest BCUT2D eigenvalue weighted by molar-refractivity contribution is 0.0600. The number of esters is 1. The lowest BCUT2D eigenvalue weighted by Gasteiger charge is -2.08. The van der Waals surface area contributed by atoms with Crippen LogP contribution in [0.4, 0.5) is 5.69 Å². The van der Waals surface area contributed by atoms with Crippen molar-refractivity contribution in [3.8, 4) is 5.75 Å². The van der Waals surface area contributed by atoms with Gasteiger partial charge in [-0.2, -0.15) is 0 Å². The standard InChI is InChI=1S/C11H15NO3/c1-3-6-15-10-7-8(11(13)14-2)4-5-9(10)12/h4-5,7H,3,6,12H2,1-2H3. The molecular weight excluding hydrogens is 194 g/mol. The normalized spacial score (nSPS) is 9.73. The average Bonchev–Trinajstić information content (AvgIpc) is 2.27. The summed E-state index contributed by atoms with van der Waals surface area (Å²) in [7, 11) is 1.34. The summed E-state index contributed by atoms with van der Waals surface area (Å²) < 4.78 is 9.99. The van der Waals surface area contributed by atoms with Crippen molar-refractivity contribution in [3.63, 3.8) is 0 Å². The van der Waals surface area contributed by atoms with Crippen LogP contribution in [0.3, 0.4) is 0 Å². The van der Waals surface area contributed by atoms with Gasteiger partial charge < -0.3 is 15.2 Å². The molecule has 0 atom stereocenters. The molecule has 1 aromatic carbocycles. The van der Waals surface area contributed by atoms with Gasteiger partial charge in [0.25, 0.3) is 0 Å². The molecule has 0 aliphatic carbocycles. The summed E-state index contributed by atoms with van der Waals surface area (Å²) in [5.41, 5.74) is 6.66. The summed E-state index contributed by atoms with van der Waals surface area (Å²) in [6, 6.07) is 4.84. The fourth-order valence-corrected chi connectivity index (χ4v) is 1.12. The number of benzene rings is 1. The molecule has 2 N–H and O–H groups in total. The maximum absolute atomic E-state index is 11.2. The van der Waals surface area contributed by atoms with E-state index in [9.17, 15) is 4.79 Å². The fourth-order valence-electron chi connectivity index (χ4n) is 1.12. The highest BCUT2D eigenvalue weighted by Gasteiger charge is 2.08. The van der Waals surface area contributed by atoms with Gasteiger partial charge in [0.1, 0.15) is 5.75 Å². The van der Waals surface area contributed by atoms with E-state index in [0.29, 0.717) is 23.6 Å². The van der Waals surface area contributed by atoms with Crippen molar-refractivity contribution in [2.24, 2.45) is 0 Å². The number of nitrogen functional groups attached to an aromatic ring is 1. The monoisotopic (exact) mass is 209 g/mol. The molecule has 0 unspecified atom stereocenters. The SMILES string of the molecule is CCCOc1cc(C(=O)OC)ccc1N. The van der Waals surface area contributed by atoms with Gasteiger partial charge in [-0.3, -0.25) is 0 Å². The second-order valence-electron chi connectivity index (χ2n) is 3.09. The smallest absolute Gasteiger partial charge is 0.337 e. The quantitative estimate of drug-likeness (QED) is 0.607. The topological polar surface area (TPSA) is 61.5 Å². The number of methoxy groups -OCH3 is 1. The van der Waals surface area contributed by atoms with Crippen LogP contribution in [-0.4, -0.2) is 19.7 Å². The third kappa shape index (κ3) is 2.87. The number of rotatable bonds is 4. The van der Waals surface area contributed by atoms with Crippen LogP contribution < -0.4 is 10.5 Å². The first-order valence-electron chi connectivity index (χ1n) is 4.79. The Kier molecular flexibility index (Phi) is 3.97. The molecule has 0 aliphatic heterocycles. The maximum Gasteiger partial charge on any atom is 0.337 e. The number of carbonyl (C=O) groups excluding carboxylic acids is 1. The van der Waals surface area contributed by atoms with E-state index in [1.54, 1.807) is 18.2 Å². The predicted octanol–water partition coefficient (Wildman–Crippen LogP) is 1.84. The van der Waals surface area contributed by atoms with Gasteiger partial charge >= 0.3 is 5.97 Å². The van der Waals surface area contributed by atoms with E-state index in [0.717, 1.165) is 6.42 Å². The Morgan fingerprint density at radius 3 is 2.80 bits per heavy atom. The van der Waals surface area contributed by atoms with E-state index in [1.807, 2.05) is 6.92 Å². The molecule has 0 aliphatic rings. The summed E-state index contributed by atoms with van der Waals surface area (Å²) in [4.78, 5) is 11.2. The minimum Gasteiger partial charge on any atom is -0.491 e. The molecule has 4 heteroatoms. The number of hydrogen-bond acceptors (Lipinski definition) is 4. The minimum atomic E-state index is -0.392. The van der Waals surface area contributed by atoms with Gasteiger partial charge in [-0.1, -0.05) is 6.92 Å². The number of nitrogens with two attached hydrogens (primary N) is 1. The second-order valence-corrected chi connectivity index (χ2v) is 3.09. The van der Waals surface area contributed by atoms with Gasteiger partial charge in [-0.15, -0.1) is 0 Å². The Bertz CT molecular complexity index is 350. The van der Waals surface area contributed by atoms with Crippen molar-refractivity contribution in [3.05, 3.63) is 23.8 Å². The first-order valence-corrected chi connectivity index (χ1v) is 4.79. The number of ether oxygens (including phenoxy) is 2. The second kappa shape index (κ2) is 5.24. The van der Waals surface area contributed by atoms with Crippen LogP contribution in [-0.2, 0) is 4.74 Å². The van der Waals surface area contributed by atoms with Crippen molar-refractivity contribution in [1.29, 1.82) is 0 Å². The van der Waals surface area contributed by atoms with Crippen LogP contribution in [0, 0.1) is 0 Å². The number of hydrogen-bond donors (Lipinski definition) is 1. The first kappa shape index (κ1) is 11.4. The van der Waals surface area contributed by atoms with Crippen LogP contribution >= 0.6 is 0 Å². The van der Waals surface area contributed by atoms with E-state index in [1.165, 1.54) is 7.11 Å². The van der Waals surface area contributed by atoms with E-state index in [4.69, 9.17) is 10.5 Å². The van der Waals surface area contributed by atoms with Crippen LogP contribution in [0.2, 0.25) is 0 Å². The lowest BCUT2D eigenvalue weighted by Crippen LogP contribution is -2.04. The first-order chi connectivity index (χ1) is 7.19. The molecule has 0 bridgehead atoms. The molecule has 0 fully saturated rings. The Morgan fingerprint density at radius 1 is 1.47 bits per heavy atom. The molecule has 1 rings (SSSR count). The van der Waals surface area contributed by atoms with Gasteiger partial charge in [0, 0.05) is 0 Å². The summed E-state index contributed by atoms with van der Waals surface area (Å²) >= 11 is 0. The third-order valence-electron chi connectivity index (χ3n) is 1.90. The van der Waals surface area contributed by atoms with Crippen LogP contribution in [0.15, 0.2) is 18.2 Å². The van der Waals surface area contributed by atoms with E-state index in [-0.39, 0.29) is 0 Å². The highest BCUT2D eigenvalue weighted by Crippen LogP contribution is 2.23. The Labute approximate surface area is 89.0 Å². The van der Waals surface area contributed by atoms with E-state index >= 15 is 0 Å². The highest BCUT2D eigenvalue weighted by atomic mass is 16.5. The Morgan fingerprint density at radius 2 is 2.20 bits per heavy atom. The van der Waals surface area contributed by atoms with Crippen molar-refractivity contribution in [1.82, 2.24) is 0 Å². The summed E-state index contributed by atoms with van der Waals surface area (Å²) in [5, 5.41) is 0. The maximum atomic E-state index is 11.2. The molecule has 0 heterocycles. The molecule has 0 spiro atoms. The van der Waals surface area contributed by atoms with Gasteiger partial charge in [-0.25, -0.2) is 4.79 Å². The van der Waals surface area contributed by atoms with Crippen molar-refractivity contribution in [2.75, 3.05) is 19.5 Å². The van der Waals surface area contributed by atoms with Crippen molar-refractivity contribution in [2.45, 2.75) is 13.3 Å². The lowest BCUT2D eigenvalue weighted by atomic mass is 10.2. The van der Waals surface area contributed by atoms with Crippen molar-refractivity contribution >= 4 is 11.7 Å². The third-order valence-corrected chi connectivity index (χ3v) is 1.90. The molecule has 0 saturated heterocycles. The Balaban J connectivity index is 2.89. The minimum absolute atomic E-state index is 0.392. The zero-order valence-corrected chi connectivity index (χ0v) is 8.95. The van der Waals surface area contributed by atoms with Gasteiger partial charge in [0.2, 0.25) is 0 Å². The molecule has 15 heavy (non-hydrogen) atoms. The van der Waals surface area contributed by atoms with Gasteiger partial charge in [-0.05, 0) is 24.6 Å². The molecule has 4 nitrogen and oxygen atoms in total. The average molecular weight is 209 g/mol. The van der Waals surface area contributed by atoms with Crippen LogP contribution in [0.1, 0.15) is 23.7 Å². The van der Waals surface area contributed by atoms with Gasteiger partial charge in [0.05, 0.1) is 25.0 Å². The largest absolute Gasteiger partial charge is 0.491 e. The molecule has 0 saturated carbocycles. The Hall–Kier alpha value is -1.71. The highest BCUT2D eigenvalue weighted by molar-refractivity contribution is 5.90. The molecule has 82 valence electrons. The molecule has 1 aromatic rings. The summed E-state index contributed by atoms with van der Waals surface area (Å²) in [6.45, 7) is 2.58. The molecule has 0 aromatic heterocycles. The van der Waals surface area contributed by atoms with Gasteiger partial charge in [0.15, 0.2) is 0 Å². The zero-order chi connectivity index (χ0) is 11.3. The van der Waals surface area contributed by atoms with Crippen LogP contribution in [0.25, 0.3) is 0 Å². The fraction of sp³-hybridized carbons (Fsp3) is 0.364. The number of anilines is 1. The zero-order valence-electron chi connectivity index (χ0n) is 8.95. The van der Waals surface area contributed by atoms with E-state index in [2.05, 4.69) is 4.74 Å². The number of carbonyl (C=O) groups is 1. The molecular formula is C11H15NO3. The summed E-state index contributed by atoms with van der Waals surface area (Å²) in [6.07, 6.45) is 0.891. The van der Waals surface area contributed by atoms with Crippen LogP contribution in [0.5, 0.6) is 5.75 Å². The van der Waals surface area contributed by atoms with E-state index < -0.39 is 5.97 Å². The van der Waals surface area contributed by atoms with Crippen molar-refractivity contribution < 1.29 is 14.3 Å². The molecule has 0 amide bonds. The molecule has 0 radical (unpaired) electrons. The summed E-state index contributed by atoms with van der Waals surface area (Å²) in [5.74, 6) is 0.135.